The Kier molecular flexibility index (Phi) is 2.51. The average molecular weight is 215 g/mol. The maximum atomic E-state index is 10.7. The molecule has 0 aliphatic heterocycles. The third-order valence-electron chi connectivity index (χ3n) is 2.23. The lowest BCUT2D eigenvalue weighted by atomic mass is 10.1. The molecule has 2 aromatic rings. The second-order valence-electron chi connectivity index (χ2n) is 3.22. The van der Waals surface area contributed by atoms with Crippen LogP contribution in [0.5, 0.6) is 0 Å². The number of nitrogens with zero attached hydrogens (tertiary/aromatic N) is 2. The summed E-state index contributed by atoms with van der Waals surface area (Å²) in [6.07, 6.45) is 1.39. The van der Waals surface area contributed by atoms with Gasteiger partial charge in [-0.05, 0) is 21.5 Å². The lowest BCUT2D eigenvalue weighted by Crippen LogP contribution is -2.00. The maximum Gasteiger partial charge on any atom is 0.387 e. The Bertz CT molecular complexity index is 526. The van der Waals surface area contributed by atoms with Crippen molar-refractivity contribution >= 4 is 11.5 Å². The van der Waals surface area contributed by atoms with E-state index in [1.54, 1.807) is 6.07 Å². The van der Waals surface area contributed by atoms with Crippen LogP contribution in [0.1, 0.15) is 0 Å². The van der Waals surface area contributed by atoms with Gasteiger partial charge in [0.2, 0.25) is 0 Å². The lowest BCUT2D eigenvalue weighted by molar-refractivity contribution is -0.388. The van der Waals surface area contributed by atoms with Gasteiger partial charge in [0.15, 0.2) is 0 Å². The first-order valence-electron chi connectivity index (χ1n) is 4.64. The zero-order valence-electron chi connectivity index (χ0n) is 8.33. The van der Waals surface area contributed by atoms with Gasteiger partial charge in [-0.15, -0.1) is 0 Å². The van der Waals surface area contributed by atoms with E-state index in [0.29, 0.717) is 5.56 Å². The molecule has 0 bridgehead atoms. The molecular formula is C11H9N3O2. The Balaban J connectivity index is 2.59. The first-order chi connectivity index (χ1) is 7.70. The number of rotatable bonds is 2. The van der Waals surface area contributed by atoms with Gasteiger partial charge in [0, 0.05) is 5.56 Å². The molecule has 0 saturated carbocycles. The summed E-state index contributed by atoms with van der Waals surface area (Å²) in [5.74, 6) is -0.304. The highest BCUT2D eigenvalue weighted by Gasteiger charge is 2.16. The van der Waals surface area contributed by atoms with E-state index in [1.807, 2.05) is 30.3 Å². The molecule has 0 aliphatic rings. The fraction of sp³-hybridized carbons (Fsp3) is 0. The molecule has 0 atom stereocenters. The van der Waals surface area contributed by atoms with Crippen LogP contribution in [0.25, 0.3) is 11.1 Å². The third kappa shape index (κ3) is 1.70. The van der Waals surface area contributed by atoms with Crippen LogP contribution in [0.3, 0.4) is 0 Å². The van der Waals surface area contributed by atoms with Gasteiger partial charge in [0.25, 0.3) is 0 Å². The van der Waals surface area contributed by atoms with E-state index in [-0.39, 0.29) is 11.5 Å². The highest BCUT2D eigenvalue weighted by atomic mass is 16.6. The minimum absolute atomic E-state index is 0.0960. The summed E-state index contributed by atoms with van der Waals surface area (Å²) in [5, 5.41) is 10.7. The summed E-state index contributed by atoms with van der Waals surface area (Å²) >= 11 is 0. The quantitative estimate of drug-likeness (QED) is 0.615. The summed E-state index contributed by atoms with van der Waals surface area (Å²) in [7, 11) is 0. The predicted molar refractivity (Wildman–Crippen MR) is 60.7 cm³/mol. The number of pyridine rings is 1. The molecule has 2 rings (SSSR count). The standard InChI is InChI=1S/C11H9N3O2/c12-10-9(8-4-2-1-3-5-8)6-7-13-11(10)14(15)16/h1-7H,12H2. The monoisotopic (exact) mass is 215 g/mol. The van der Waals surface area contributed by atoms with E-state index < -0.39 is 4.92 Å². The van der Waals surface area contributed by atoms with E-state index in [1.165, 1.54) is 6.20 Å². The van der Waals surface area contributed by atoms with Gasteiger partial charge in [-0.1, -0.05) is 30.3 Å². The van der Waals surface area contributed by atoms with Crippen molar-refractivity contribution < 1.29 is 4.92 Å². The lowest BCUT2D eigenvalue weighted by Gasteiger charge is -2.04. The zero-order valence-corrected chi connectivity index (χ0v) is 8.33. The number of nitro groups is 1. The Morgan fingerprint density at radius 2 is 1.88 bits per heavy atom. The first kappa shape index (κ1) is 10.1. The van der Waals surface area contributed by atoms with Crippen molar-refractivity contribution in [2.45, 2.75) is 0 Å². The van der Waals surface area contributed by atoms with Crippen LogP contribution in [-0.4, -0.2) is 9.91 Å². The van der Waals surface area contributed by atoms with Gasteiger partial charge in [-0.25, -0.2) is 0 Å². The Morgan fingerprint density at radius 1 is 1.19 bits per heavy atom. The molecule has 1 aromatic carbocycles. The van der Waals surface area contributed by atoms with Crippen LogP contribution in [0.4, 0.5) is 11.5 Å². The fourth-order valence-corrected chi connectivity index (χ4v) is 1.48. The van der Waals surface area contributed by atoms with Crippen LogP contribution in [0.15, 0.2) is 42.6 Å². The van der Waals surface area contributed by atoms with Crippen LogP contribution < -0.4 is 5.73 Å². The molecule has 0 fully saturated rings. The molecule has 16 heavy (non-hydrogen) atoms. The molecular weight excluding hydrogens is 206 g/mol. The molecule has 5 heteroatoms. The minimum atomic E-state index is -0.582. The van der Waals surface area contributed by atoms with Gasteiger partial charge >= 0.3 is 5.82 Å². The van der Waals surface area contributed by atoms with E-state index >= 15 is 0 Å². The average Bonchev–Trinajstić information content (AvgIpc) is 2.30. The number of aromatic nitrogens is 1. The van der Waals surface area contributed by atoms with Crippen molar-refractivity contribution in [2.75, 3.05) is 5.73 Å². The molecule has 0 aliphatic carbocycles. The molecule has 2 N–H and O–H groups in total. The number of anilines is 1. The zero-order chi connectivity index (χ0) is 11.5. The molecule has 1 aromatic heterocycles. The fourth-order valence-electron chi connectivity index (χ4n) is 1.48. The normalized spacial score (nSPS) is 10.0. The van der Waals surface area contributed by atoms with Crippen LogP contribution in [0.2, 0.25) is 0 Å². The van der Waals surface area contributed by atoms with Gasteiger partial charge in [0.05, 0.1) is 0 Å². The van der Waals surface area contributed by atoms with Crippen LogP contribution in [0, 0.1) is 10.1 Å². The number of hydrogen-bond donors (Lipinski definition) is 1. The number of nitrogen functional groups attached to an aromatic ring is 1. The Morgan fingerprint density at radius 3 is 2.50 bits per heavy atom. The van der Waals surface area contributed by atoms with Crippen molar-refractivity contribution in [1.29, 1.82) is 0 Å². The van der Waals surface area contributed by atoms with Gasteiger partial charge in [-0.3, -0.25) is 0 Å². The Labute approximate surface area is 91.7 Å². The minimum Gasteiger partial charge on any atom is -0.391 e. The largest absolute Gasteiger partial charge is 0.391 e. The Hall–Kier alpha value is -2.43. The van der Waals surface area contributed by atoms with Gasteiger partial charge < -0.3 is 15.8 Å². The SMILES string of the molecule is Nc1c(-c2ccccc2)ccnc1[N+](=O)[O-]. The summed E-state index contributed by atoms with van der Waals surface area (Å²) in [4.78, 5) is 13.7. The first-order valence-corrected chi connectivity index (χ1v) is 4.64. The van der Waals surface area contributed by atoms with E-state index in [0.717, 1.165) is 5.56 Å². The molecule has 1 heterocycles. The molecule has 80 valence electrons. The molecule has 0 saturated heterocycles. The van der Waals surface area contributed by atoms with Crippen molar-refractivity contribution in [3.63, 3.8) is 0 Å². The number of nitrogens with two attached hydrogens (primary N) is 1. The van der Waals surface area contributed by atoms with Crippen molar-refractivity contribution in [2.24, 2.45) is 0 Å². The second-order valence-corrected chi connectivity index (χ2v) is 3.22. The van der Waals surface area contributed by atoms with Crippen molar-refractivity contribution in [3.05, 3.63) is 52.7 Å². The van der Waals surface area contributed by atoms with Crippen molar-refractivity contribution in [1.82, 2.24) is 4.98 Å². The smallest absolute Gasteiger partial charge is 0.387 e. The van der Waals surface area contributed by atoms with Crippen molar-refractivity contribution in [3.8, 4) is 11.1 Å². The highest BCUT2D eigenvalue weighted by Crippen LogP contribution is 2.30. The van der Waals surface area contributed by atoms with Gasteiger partial charge in [-0.2, -0.15) is 0 Å². The summed E-state index contributed by atoms with van der Waals surface area (Å²) in [5.41, 5.74) is 7.27. The number of benzene rings is 1. The second kappa shape index (κ2) is 3.98. The van der Waals surface area contributed by atoms with Crippen LogP contribution in [-0.2, 0) is 0 Å². The maximum absolute atomic E-state index is 10.7. The molecule has 5 nitrogen and oxygen atoms in total. The topological polar surface area (TPSA) is 82.0 Å². The molecule has 0 spiro atoms. The van der Waals surface area contributed by atoms with E-state index in [9.17, 15) is 10.1 Å². The molecule has 0 amide bonds. The van der Waals surface area contributed by atoms with Gasteiger partial charge in [0.1, 0.15) is 11.9 Å². The molecule has 0 radical (unpaired) electrons. The van der Waals surface area contributed by atoms with E-state index in [4.69, 9.17) is 5.73 Å². The summed E-state index contributed by atoms with van der Waals surface area (Å²) < 4.78 is 0. The number of hydrogen-bond acceptors (Lipinski definition) is 4. The van der Waals surface area contributed by atoms with E-state index in [2.05, 4.69) is 4.98 Å². The summed E-state index contributed by atoms with van der Waals surface area (Å²) in [6.45, 7) is 0. The van der Waals surface area contributed by atoms with Crippen LogP contribution >= 0.6 is 0 Å². The molecule has 0 unspecified atom stereocenters. The third-order valence-corrected chi connectivity index (χ3v) is 2.23. The summed E-state index contributed by atoms with van der Waals surface area (Å²) in [6, 6.07) is 10.9. The predicted octanol–water partition coefficient (Wildman–Crippen LogP) is 2.24. The highest BCUT2D eigenvalue weighted by molar-refractivity contribution is 5.80.